The monoisotopic (exact) mass is 419 g/mol. The Morgan fingerprint density at radius 1 is 1.04 bits per heavy atom. The zero-order valence-corrected chi connectivity index (χ0v) is 16.6. The molecular formula is C20H26BrN3O2. The van der Waals surface area contributed by atoms with Gasteiger partial charge < -0.3 is 10.6 Å². The van der Waals surface area contributed by atoms with Gasteiger partial charge in [-0.3, -0.25) is 10.1 Å². The molecule has 1 aromatic rings. The number of urea groups is 1. The number of nitrogens with one attached hydrogen (secondary N) is 3. The zero-order valence-electron chi connectivity index (χ0n) is 15.1. The van der Waals surface area contributed by atoms with Crippen LogP contribution in [-0.2, 0) is 4.79 Å². The van der Waals surface area contributed by atoms with Crippen molar-refractivity contribution in [3.8, 4) is 0 Å². The molecule has 5 nitrogen and oxygen atoms in total. The Kier molecular flexibility index (Phi) is 4.71. The van der Waals surface area contributed by atoms with Crippen molar-refractivity contribution in [2.24, 2.45) is 17.8 Å². The summed E-state index contributed by atoms with van der Waals surface area (Å²) in [5, 5.41) is 8.82. The average molecular weight is 420 g/mol. The molecule has 0 saturated heterocycles. The Morgan fingerprint density at radius 2 is 1.58 bits per heavy atom. The van der Waals surface area contributed by atoms with Gasteiger partial charge in [0, 0.05) is 15.7 Å². The first kappa shape index (κ1) is 17.8. The third-order valence-corrected chi connectivity index (χ3v) is 6.80. The fraction of sp³-hybridized carbons (Fsp3) is 0.600. The van der Waals surface area contributed by atoms with Crippen molar-refractivity contribution in [2.45, 2.75) is 57.0 Å². The van der Waals surface area contributed by atoms with Gasteiger partial charge in [0.2, 0.25) is 5.91 Å². The summed E-state index contributed by atoms with van der Waals surface area (Å²) >= 11 is 3.39. The second kappa shape index (κ2) is 6.87. The van der Waals surface area contributed by atoms with Crippen LogP contribution in [0.2, 0.25) is 0 Å². The predicted octanol–water partition coefficient (Wildman–Crippen LogP) is 4.04. The Morgan fingerprint density at radius 3 is 2.12 bits per heavy atom. The van der Waals surface area contributed by atoms with Crippen LogP contribution in [0.4, 0.5) is 10.5 Å². The van der Waals surface area contributed by atoms with Gasteiger partial charge in [-0.05, 0) is 87.5 Å². The van der Waals surface area contributed by atoms with E-state index >= 15 is 0 Å². The SMILES string of the molecule is C[C@@H](Nc1ccc(Br)cc1)C(=O)NC(=O)NC12CC3CC(CC(C3)C1)C2. The normalized spacial score (nSPS) is 32.8. The van der Waals surface area contributed by atoms with Crippen LogP contribution in [0.1, 0.15) is 45.4 Å². The van der Waals surface area contributed by atoms with Crippen LogP contribution < -0.4 is 16.0 Å². The zero-order chi connectivity index (χ0) is 18.3. The molecule has 0 radical (unpaired) electrons. The first-order valence-corrected chi connectivity index (χ1v) is 10.4. The number of imide groups is 1. The maximum atomic E-state index is 12.5. The first-order chi connectivity index (χ1) is 12.4. The summed E-state index contributed by atoms with van der Waals surface area (Å²) in [5.41, 5.74) is 0.763. The Bertz CT molecular complexity index is 668. The highest BCUT2D eigenvalue weighted by Crippen LogP contribution is 2.55. The molecule has 1 atom stereocenters. The summed E-state index contributed by atoms with van der Waals surface area (Å²) in [6.07, 6.45) is 7.22. The highest BCUT2D eigenvalue weighted by Gasteiger charge is 2.51. The van der Waals surface area contributed by atoms with Crippen LogP contribution in [0.25, 0.3) is 0 Å². The molecule has 0 unspecified atom stereocenters. The molecule has 3 N–H and O–H groups in total. The number of carbonyl (C=O) groups excluding carboxylic acids is 2. The van der Waals surface area contributed by atoms with Crippen LogP contribution in [0.5, 0.6) is 0 Å². The van der Waals surface area contributed by atoms with E-state index in [1.807, 2.05) is 24.3 Å². The molecule has 4 aliphatic carbocycles. The van der Waals surface area contributed by atoms with Gasteiger partial charge in [-0.15, -0.1) is 0 Å². The van der Waals surface area contributed by atoms with Crippen LogP contribution in [0.3, 0.4) is 0 Å². The quantitative estimate of drug-likeness (QED) is 0.689. The lowest BCUT2D eigenvalue weighted by atomic mass is 9.53. The van der Waals surface area contributed by atoms with Gasteiger partial charge in [-0.1, -0.05) is 15.9 Å². The number of hydrogen-bond donors (Lipinski definition) is 3. The first-order valence-electron chi connectivity index (χ1n) is 9.56. The van der Waals surface area contributed by atoms with Gasteiger partial charge in [0.1, 0.15) is 6.04 Å². The molecule has 140 valence electrons. The molecule has 4 saturated carbocycles. The largest absolute Gasteiger partial charge is 0.374 e. The smallest absolute Gasteiger partial charge is 0.321 e. The molecule has 4 fully saturated rings. The topological polar surface area (TPSA) is 70.2 Å². The summed E-state index contributed by atoms with van der Waals surface area (Å²) < 4.78 is 0.982. The average Bonchev–Trinajstić information content (AvgIpc) is 2.55. The van der Waals surface area contributed by atoms with E-state index in [4.69, 9.17) is 0 Å². The molecule has 0 heterocycles. The van der Waals surface area contributed by atoms with E-state index < -0.39 is 6.04 Å². The summed E-state index contributed by atoms with van der Waals surface area (Å²) in [6, 6.07) is 6.77. The van der Waals surface area contributed by atoms with E-state index in [2.05, 4.69) is 31.9 Å². The number of amides is 3. The van der Waals surface area contributed by atoms with Crippen LogP contribution >= 0.6 is 15.9 Å². The van der Waals surface area contributed by atoms with Crippen LogP contribution in [0.15, 0.2) is 28.7 Å². The maximum absolute atomic E-state index is 12.5. The minimum absolute atomic E-state index is 0.0819. The highest BCUT2D eigenvalue weighted by atomic mass is 79.9. The Labute approximate surface area is 162 Å². The van der Waals surface area contributed by atoms with E-state index in [1.165, 1.54) is 19.3 Å². The van der Waals surface area contributed by atoms with Crippen molar-refractivity contribution in [3.63, 3.8) is 0 Å². The molecule has 0 spiro atoms. The van der Waals surface area contributed by atoms with Crippen LogP contribution in [0, 0.1) is 17.8 Å². The van der Waals surface area contributed by atoms with Crippen LogP contribution in [-0.4, -0.2) is 23.5 Å². The van der Waals surface area contributed by atoms with Gasteiger partial charge in [-0.25, -0.2) is 4.79 Å². The third-order valence-electron chi connectivity index (χ3n) is 6.27. The molecule has 5 rings (SSSR count). The summed E-state index contributed by atoms with van der Waals surface area (Å²) in [7, 11) is 0. The van der Waals surface area contributed by atoms with Crippen molar-refractivity contribution in [1.29, 1.82) is 0 Å². The van der Waals surface area contributed by atoms with Crippen molar-refractivity contribution in [2.75, 3.05) is 5.32 Å². The standard InChI is InChI=1S/C20H26BrN3O2/c1-12(22-17-4-2-16(21)3-5-17)18(25)23-19(26)24-20-9-13-6-14(10-20)8-15(7-13)11-20/h2-5,12-15,22H,6-11H2,1H3,(H2,23,24,25,26)/t12-,13?,14?,15?,20?/m1/s1. The maximum Gasteiger partial charge on any atom is 0.321 e. The Hall–Kier alpha value is -1.56. The number of carbonyl (C=O) groups is 2. The van der Waals surface area contributed by atoms with Crippen molar-refractivity contribution in [3.05, 3.63) is 28.7 Å². The van der Waals surface area contributed by atoms with E-state index in [9.17, 15) is 9.59 Å². The highest BCUT2D eigenvalue weighted by molar-refractivity contribution is 9.10. The third kappa shape index (κ3) is 3.75. The number of anilines is 1. The Balaban J connectivity index is 1.31. The fourth-order valence-electron chi connectivity index (χ4n) is 5.62. The lowest BCUT2D eigenvalue weighted by Gasteiger charge is -2.56. The predicted molar refractivity (Wildman–Crippen MR) is 105 cm³/mol. The van der Waals surface area contributed by atoms with Crippen molar-refractivity contribution < 1.29 is 9.59 Å². The lowest BCUT2D eigenvalue weighted by Crippen LogP contribution is -2.62. The molecule has 3 amide bonds. The molecule has 4 aliphatic rings. The second-order valence-electron chi connectivity index (χ2n) is 8.51. The summed E-state index contributed by atoms with van der Waals surface area (Å²) in [4.78, 5) is 24.8. The van der Waals surface area contributed by atoms with E-state index in [0.717, 1.165) is 47.2 Å². The molecule has 4 bridgehead atoms. The number of rotatable bonds is 4. The molecule has 0 aliphatic heterocycles. The minimum atomic E-state index is -0.488. The van der Waals surface area contributed by atoms with Gasteiger partial charge >= 0.3 is 6.03 Å². The van der Waals surface area contributed by atoms with Gasteiger partial charge in [0.05, 0.1) is 0 Å². The van der Waals surface area contributed by atoms with Gasteiger partial charge in [-0.2, -0.15) is 0 Å². The minimum Gasteiger partial charge on any atom is -0.374 e. The van der Waals surface area contributed by atoms with Gasteiger partial charge in [0.25, 0.3) is 0 Å². The van der Waals surface area contributed by atoms with E-state index in [-0.39, 0.29) is 17.5 Å². The van der Waals surface area contributed by atoms with Gasteiger partial charge in [0.15, 0.2) is 0 Å². The number of halogens is 1. The van der Waals surface area contributed by atoms with Crippen molar-refractivity contribution >= 4 is 33.6 Å². The van der Waals surface area contributed by atoms with E-state index in [0.29, 0.717) is 0 Å². The molecular weight excluding hydrogens is 394 g/mol. The molecule has 0 aromatic heterocycles. The number of hydrogen-bond acceptors (Lipinski definition) is 3. The lowest BCUT2D eigenvalue weighted by molar-refractivity contribution is -0.120. The second-order valence-corrected chi connectivity index (χ2v) is 9.43. The molecule has 26 heavy (non-hydrogen) atoms. The summed E-state index contributed by atoms with van der Waals surface area (Å²) in [5.74, 6) is 1.97. The van der Waals surface area contributed by atoms with E-state index in [1.54, 1.807) is 6.92 Å². The fourth-order valence-corrected chi connectivity index (χ4v) is 5.88. The number of benzene rings is 1. The molecule has 6 heteroatoms. The summed E-state index contributed by atoms with van der Waals surface area (Å²) in [6.45, 7) is 1.76. The molecule has 1 aromatic carbocycles. The van der Waals surface area contributed by atoms with Crippen molar-refractivity contribution in [1.82, 2.24) is 10.6 Å².